The fraction of sp³-hybridized carbons (Fsp3) is 0.435. The summed E-state index contributed by atoms with van der Waals surface area (Å²) in [5, 5.41) is 3.55. The standard InChI is InChI=1S/C23H28N4O/c28-23-21(10-12-27(23)20-7-2-1-3-8-20)26-15-13-25(14-16-26)17-19-6-4-5-18-9-11-24-22(18)19/h1-8,21,24H,9-17H2. The molecular weight excluding hydrogens is 348 g/mol. The number of para-hydroxylation sites is 2. The Kier molecular flexibility index (Phi) is 4.79. The lowest BCUT2D eigenvalue weighted by atomic mass is 10.1. The quantitative estimate of drug-likeness (QED) is 0.890. The number of nitrogens with zero attached hydrogens (tertiary/aromatic N) is 3. The molecule has 1 N–H and O–H groups in total. The van der Waals surface area contributed by atoms with Crippen molar-refractivity contribution in [3.05, 3.63) is 59.7 Å². The van der Waals surface area contributed by atoms with Crippen LogP contribution in [0.15, 0.2) is 48.5 Å². The van der Waals surface area contributed by atoms with Crippen molar-refractivity contribution in [3.8, 4) is 0 Å². The predicted molar refractivity (Wildman–Crippen MR) is 113 cm³/mol. The van der Waals surface area contributed by atoms with E-state index < -0.39 is 0 Å². The van der Waals surface area contributed by atoms with Gasteiger partial charge in [-0.2, -0.15) is 0 Å². The average Bonchev–Trinajstić information content (AvgIpc) is 3.37. The summed E-state index contributed by atoms with van der Waals surface area (Å²) in [7, 11) is 0. The van der Waals surface area contributed by atoms with Gasteiger partial charge in [0.05, 0.1) is 6.04 Å². The Morgan fingerprint density at radius 2 is 1.75 bits per heavy atom. The zero-order chi connectivity index (χ0) is 18.9. The van der Waals surface area contributed by atoms with Gasteiger partial charge in [0, 0.05) is 57.2 Å². The highest BCUT2D eigenvalue weighted by atomic mass is 16.2. The first-order chi connectivity index (χ1) is 13.8. The lowest BCUT2D eigenvalue weighted by Gasteiger charge is -2.37. The molecule has 0 aliphatic carbocycles. The second kappa shape index (κ2) is 7.57. The van der Waals surface area contributed by atoms with E-state index >= 15 is 0 Å². The maximum atomic E-state index is 13.0. The molecule has 2 aromatic rings. The Hall–Kier alpha value is -2.37. The minimum absolute atomic E-state index is 0.0463. The van der Waals surface area contributed by atoms with Gasteiger partial charge in [-0.3, -0.25) is 14.6 Å². The number of anilines is 2. The highest BCUT2D eigenvalue weighted by molar-refractivity contribution is 5.99. The normalized spacial score (nSPS) is 23.1. The molecule has 0 radical (unpaired) electrons. The molecule has 0 bridgehead atoms. The van der Waals surface area contributed by atoms with Crippen LogP contribution in [0.1, 0.15) is 17.5 Å². The smallest absolute Gasteiger partial charge is 0.244 e. The zero-order valence-corrected chi connectivity index (χ0v) is 16.3. The number of rotatable bonds is 4. The molecule has 2 fully saturated rings. The van der Waals surface area contributed by atoms with E-state index in [0.717, 1.165) is 64.3 Å². The number of fused-ring (bicyclic) bond motifs is 1. The van der Waals surface area contributed by atoms with Gasteiger partial charge in [-0.15, -0.1) is 0 Å². The summed E-state index contributed by atoms with van der Waals surface area (Å²) in [6, 6.07) is 16.8. The van der Waals surface area contributed by atoms with Crippen LogP contribution in [-0.4, -0.2) is 61.0 Å². The molecule has 1 unspecified atom stereocenters. The van der Waals surface area contributed by atoms with Gasteiger partial charge >= 0.3 is 0 Å². The highest BCUT2D eigenvalue weighted by Crippen LogP contribution is 2.28. The summed E-state index contributed by atoms with van der Waals surface area (Å²) in [6.07, 6.45) is 2.07. The van der Waals surface area contributed by atoms with E-state index in [0.29, 0.717) is 0 Å². The fourth-order valence-corrected chi connectivity index (χ4v) is 4.88. The molecular formula is C23H28N4O. The number of benzene rings is 2. The third kappa shape index (κ3) is 3.29. The van der Waals surface area contributed by atoms with Crippen molar-refractivity contribution in [2.75, 3.05) is 49.5 Å². The van der Waals surface area contributed by atoms with E-state index in [1.807, 2.05) is 35.2 Å². The number of hydrogen-bond acceptors (Lipinski definition) is 4. The van der Waals surface area contributed by atoms with Crippen molar-refractivity contribution in [2.24, 2.45) is 0 Å². The van der Waals surface area contributed by atoms with E-state index in [9.17, 15) is 4.79 Å². The van der Waals surface area contributed by atoms with E-state index in [4.69, 9.17) is 0 Å². The third-order valence-corrected chi connectivity index (χ3v) is 6.42. The molecule has 1 atom stereocenters. The Bertz CT molecular complexity index is 845. The maximum Gasteiger partial charge on any atom is 0.244 e. The molecule has 0 aromatic heterocycles. The number of amides is 1. The molecule has 5 nitrogen and oxygen atoms in total. The zero-order valence-electron chi connectivity index (χ0n) is 16.3. The van der Waals surface area contributed by atoms with Crippen molar-refractivity contribution < 1.29 is 4.79 Å². The van der Waals surface area contributed by atoms with Crippen LogP contribution in [0.25, 0.3) is 0 Å². The van der Waals surface area contributed by atoms with Gasteiger partial charge in [-0.1, -0.05) is 36.4 Å². The second-order valence-corrected chi connectivity index (χ2v) is 8.07. The van der Waals surface area contributed by atoms with Crippen molar-refractivity contribution in [3.63, 3.8) is 0 Å². The number of hydrogen-bond donors (Lipinski definition) is 1. The van der Waals surface area contributed by atoms with Gasteiger partial charge in [-0.25, -0.2) is 0 Å². The molecule has 28 heavy (non-hydrogen) atoms. The average molecular weight is 377 g/mol. The maximum absolute atomic E-state index is 13.0. The lowest BCUT2D eigenvalue weighted by molar-refractivity contribution is -0.122. The molecule has 3 heterocycles. The highest BCUT2D eigenvalue weighted by Gasteiger charge is 2.37. The summed E-state index contributed by atoms with van der Waals surface area (Å²) in [6.45, 7) is 6.89. The summed E-state index contributed by atoms with van der Waals surface area (Å²) < 4.78 is 0. The number of carbonyl (C=O) groups excluding carboxylic acids is 1. The van der Waals surface area contributed by atoms with E-state index in [2.05, 4.69) is 33.3 Å². The molecule has 3 aliphatic rings. The summed E-state index contributed by atoms with van der Waals surface area (Å²) in [4.78, 5) is 19.8. The largest absolute Gasteiger partial charge is 0.384 e. The van der Waals surface area contributed by atoms with Crippen molar-refractivity contribution in [1.82, 2.24) is 9.80 Å². The Morgan fingerprint density at radius 3 is 2.57 bits per heavy atom. The van der Waals surface area contributed by atoms with Gasteiger partial charge in [0.2, 0.25) is 5.91 Å². The molecule has 2 aromatic carbocycles. The third-order valence-electron chi connectivity index (χ3n) is 6.42. The number of carbonyl (C=O) groups is 1. The fourth-order valence-electron chi connectivity index (χ4n) is 4.88. The Morgan fingerprint density at radius 1 is 0.929 bits per heavy atom. The Balaban J connectivity index is 1.19. The van der Waals surface area contributed by atoms with Crippen molar-refractivity contribution in [2.45, 2.75) is 25.4 Å². The molecule has 146 valence electrons. The first-order valence-electron chi connectivity index (χ1n) is 10.5. The molecule has 0 spiro atoms. The van der Waals surface area contributed by atoms with Gasteiger partial charge < -0.3 is 10.2 Å². The topological polar surface area (TPSA) is 38.8 Å². The summed E-state index contributed by atoms with van der Waals surface area (Å²) in [5.74, 6) is 0.268. The first kappa shape index (κ1) is 17.7. The van der Waals surface area contributed by atoms with Gasteiger partial charge in [0.15, 0.2) is 0 Å². The van der Waals surface area contributed by atoms with Crippen LogP contribution in [0.4, 0.5) is 11.4 Å². The van der Waals surface area contributed by atoms with E-state index in [1.54, 1.807) is 0 Å². The molecule has 2 saturated heterocycles. The van der Waals surface area contributed by atoms with Crippen LogP contribution in [-0.2, 0) is 17.8 Å². The summed E-state index contributed by atoms with van der Waals surface area (Å²) in [5.41, 5.74) is 5.25. The van der Waals surface area contributed by atoms with Gasteiger partial charge in [0.1, 0.15) is 0 Å². The minimum Gasteiger partial charge on any atom is -0.384 e. The van der Waals surface area contributed by atoms with Crippen LogP contribution in [0.3, 0.4) is 0 Å². The molecule has 5 heteroatoms. The van der Waals surface area contributed by atoms with Gasteiger partial charge in [-0.05, 0) is 36.1 Å². The molecule has 5 rings (SSSR count). The van der Waals surface area contributed by atoms with Crippen LogP contribution in [0.5, 0.6) is 0 Å². The van der Waals surface area contributed by atoms with Crippen molar-refractivity contribution in [1.29, 1.82) is 0 Å². The van der Waals surface area contributed by atoms with Crippen molar-refractivity contribution >= 4 is 17.3 Å². The molecule has 0 saturated carbocycles. The SMILES string of the molecule is O=C1C(N2CCN(Cc3cccc4c3NCC4)CC2)CCN1c1ccccc1. The number of nitrogens with one attached hydrogen (secondary N) is 1. The van der Waals surface area contributed by atoms with Crippen LogP contribution < -0.4 is 10.2 Å². The lowest BCUT2D eigenvalue weighted by Crippen LogP contribution is -2.52. The Labute approximate surface area is 166 Å². The molecule has 1 amide bonds. The van der Waals surface area contributed by atoms with Crippen LogP contribution >= 0.6 is 0 Å². The van der Waals surface area contributed by atoms with E-state index in [1.165, 1.54) is 16.8 Å². The summed E-state index contributed by atoms with van der Waals surface area (Å²) >= 11 is 0. The van der Waals surface area contributed by atoms with E-state index in [-0.39, 0.29) is 11.9 Å². The number of piperazine rings is 1. The van der Waals surface area contributed by atoms with Crippen LogP contribution in [0.2, 0.25) is 0 Å². The van der Waals surface area contributed by atoms with Crippen LogP contribution in [0, 0.1) is 0 Å². The monoisotopic (exact) mass is 376 g/mol. The predicted octanol–water partition coefficient (Wildman–Crippen LogP) is 2.58. The first-order valence-corrected chi connectivity index (χ1v) is 10.5. The van der Waals surface area contributed by atoms with Gasteiger partial charge in [0.25, 0.3) is 0 Å². The minimum atomic E-state index is 0.0463. The second-order valence-electron chi connectivity index (χ2n) is 8.07. The molecule has 3 aliphatic heterocycles.